The van der Waals surface area contributed by atoms with Gasteiger partial charge in [0.2, 0.25) is 0 Å². The van der Waals surface area contributed by atoms with E-state index in [-0.39, 0.29) is 5.78 Å². The molecule has 0 aliphatic rings. The molecule has 0 bridgehead atoms. The van der Waals surface area contributed by atoms with E-state index in [9.17, 15) is 4.79 Å². The molecule has 0 spiro atoms. The molecule has 2 aromatic rings. The maximum Gasteiger partial charge on any atom is 0.166 e. The summed E-state index contributed by atoms with van der Waals surface area (Å²) in [5.41, 5.74) is 5.33. The molecule has 0 atom stereocenters. The van der Waals surface area contributed by atoms with Crippen LogP contribution in [0.4, 0.5) is 0 Å². The van der Waals surface area contributed by atoms with Gasteiger partial charge in [-0.15, -0.1) is 0 Å². The standard InChI is InChI=1S/C19H22O2/c1-13-9-11-17(19(21-4)15(13)3)18(20)12-10-16-8-6-5-7-14(16)2/h5-9,11H,10,12H2,1-4H3. The highest BCUT2D eigenvalue weighted by Gasteiger charge is 2.15. The van der Waals surface area contributed by atoms with Gasteiger partial charge in [-0.3, -0.25) is 4.79 Å². The van der Waals surface area contributed by atoms with E-state index in [2.05, 4.69) is 19.1 Å². The van der Waals surface area contributed by atoms with Gasteiger partial charge in [0, 0.05) is 6.42 Å². The average molecular weight is 282 g/mol. The van der Waals surface area contributed by atoms with Crippen molar-refractivity contribution in [1.82, 2.24) is 0 Å². The fourth-order valence-electron chi connectivity index (χ4n) is 2.55. The Bertz CT molecular complexity index is 657. The molecule has 0 fully saturated rings. The molecule has 0 saturated carbocycles. The van der Waals surface area contributed by atoms with Gasteiger partial charge in [0.1, 0.15) is 5.75 Å². The molecule has 0 N–H and O–H groups in total. The molecule has 21 heavy (non-hydrogen) atoms. The van der Waals surface area contributed by atoms with Gasteiger partial charge in [-0.05, 0) is 55.5 Å². The van der Waals surface area contributed by atoms with Gasteiger partial charge < -0.3 is 4.74 Å². The second-order valence-electron chi connectivity index (χ2n) is 5.44. The van der Waals surface area contributed by atoms with Gasteiger partial charge in [-0.1, -0.05) is 30.3 Å². The van der Waals surface area contributed by atoms with Crippen LogP contribution >= 0.6 is 0 Å². The van der Waals surface area contributed by atoms with Crippen molar-refractivity contribution in [3.05, 3.63) is 64.2 Å². The lowest BCUT2D eigenvalue weighted by atomic mass is 9.96. The van der Waals surface area contributed by atoms with E-state index in [0.717, 1.165) is 17.5 Å². The minimum absolute atomic E-state index is 0.137. The fraction of sp³-hybridized carbons (Fsp3) is 0.316. The van der Waals surface area contributed by atoms with Crippen LogP contribution in [0.5, 0.6) is 5.75 Å². The van der Waals surface area contributed by atoms with Crippen LogP contribution in [-0.2, 0) is 6.42 Å². The highest BCUT2D eigenvalue weighted by atomic mass is 16.5. The molecule has 0 radical (unpaired) electrons. The molecule has 0 heterocycles. The zero-order chi connectivity index (χ0) is 15.4. The number of Topliss-reactive ketones (excluding diaryl/α,β-unsaturated/α-hetero) is 1. The smallest absolute Gasteiger partial charge is 0.166 e. The van der Waals surface area contributed by atoms with Gasteiger partial charge in [0.05, 0.1) is 12.7 Å². The van der Waals surface area contributed by atoms with Crippen molar-refractivity contribution < 1.29 is 9.53 Å². The summed E-state index contributed by atoms with van der Waals surface area (Å²) in [5.74, 6) is 0.850. The van der Waals surface area contributed by atoms with Crippen LogP contribution in [0.15, 0.2) is 36.4 Å². The Morgan fingerprint density at radius 2 is 1.71 bits per heavy atom. The maximum atomic E-state index is 12.5. The summed E-state index contributed by atoms with van der Waals surface area (Å²) in [4.78, 5) is 12.5. The third kappa shape index (κ3) is 3.33. The number of aryl methyl sites for hydroxylation is 3. The minimum Gasteiger partial charge on any atom is -0.496 e. The third-order valence-corrected chi connectivity index (χ3v) is 4.06. The van der Waals surface area contributed by atoms with Crippen LogP contribution in [0.25, 0.3) is 0 Å². The molecule has 110 valence electrons. The van der Waals surface area contributed by atoms with Crippen LogP contribution in [0.2, 0.25) is 0 Å². The molecule has 2 rings (SSSR count). The number of carbonyl (C=O) groups is 1. The second kappa shape index (κ2) is 6.57. The van der Waals surface area contributed by atoms with Crippen molar-refractivity contribution >= 4 is 5.78 Å². The second-order valence-corrected chi connectivity index (χ2v) is 5.44. The van der Waals surface area contributed by atoms with Crippen molar-refractivity contribution in [3.8, 4) is 5.75 Å². The van der Waals surface area contributed by atoms with Gasteiger partial charge in [-0.25, -0.2) is 0 Å². The number of hydrogen-bond acceptors (Lipinski definition) is 2. The Hall–Kier alpha value is -2.09. The lowest BCUT2D eigenvalue weighted by Crippen LogP contribution is -2.06. The Labute approximate surface area is 126 Å². The summed E-state index contributed by atoms with van der Waals surface area (Å²) in [6, 6.07) is 12.1. The number of rotatable bonds is 5. The van der Waals surface area contributed by atoms with E-state index in [4.69, 9.17) is 4.74 Å². The lowest BCUT2D eigenvalue weighted by molar-refractivity contribution is 0.0979. The molecule has 2 aromatic carbocycles. The average Bonchev–Trinajstić information content (AvgIpc) is 2.48. The number of benzene rings is 2. The summed E-state index contributed by atoms with van der Waals surface area (Å²) in [6.45, 7) is 6.10. The normalized spacial score (nSPS) is 10.5. The zero-order valence-corrected chi connectivity index (χ0v) is 13.2. The van der Waals surface area contributed by atoms with Gasteiger partial charge in [-0.2, -0.15) is 0 Å². The largest absolute Gasteiger partial charge is 0.496 e. The summed E-state index contributed by atoms with van der Waals surface area (Å²) < 4.78 is 5.43. The van der Waals surface area contributed by atoms with Crippen LogP contribution in [-0.4, -0.2) is 12.9 Å². The first-order valence-electron chi connectivity index (χ1n) is 7.26. The van der Waals surface area contributed by atoms with E-state index in [1.165, 1.54) is 11.1 Å². The van der Waals surface area contributed by atoms with Gasteiger partial charge in [0.25, 0.3) is 0 Å². The van der Waals surface area contributed by atoms with Crippen molar-refractivity contribution in [2.75, 3.05) is 7.11 Å². The highest BCUT2D eigenvalue weighted by molar-refractivity contribution is 5.99. The highest BCUT2D eigenvalue weighted by Crippen LogP contribution is 2.27. The molecule has 0 amide bonds. The van der Waals surface area contributed by atoms with E-state index in [1.807, 2.05) is 38.1 Å². The number of carbonyl (C=O) groups excluding carboxylic acids is 1. The Morgan fingerprint density at radius 1 is 1.00 bits per heavy atom. The quantitative estimate of drug-likeness (QED) is 0.758. The Balaban J connectivity index is 2.18. The maximum absolute atomic E-state index is 12.5. The first kappa shape index (κ1) is 15.3. The van der Waals surface area contributed by atoms with Crippen LogP contribution in [0.1, 0.15) is 39.0 Å². The minimum atomic E-state index is 0.137. The van der Waals surface area contributed by atoms with E-state index >= 15 is 0 Å². The lowest BCUT2D eigenvalue weighted by Gasteiger charge is -2.13. The number of hydrogen-bond donors (Lipinski definition) is 0. The molecule has 0 unspecified atom stereocenters. The van der Waals surface area contributed by atoms with Gasteiger partial charge >= 0.3 is 0 Å². The van der Waals surface area contributed by atoms with Crippen LogP contribution in [0, 0.1) is 20.8 Å². The first-order chi connectivity index (χ1) is 10.0. The Morgan fingerprint density at radius 3 is 2.38 bits per heavy atom. The predicted molar refractivity (Wildman–Crippen MR) is 86.3 cm³/mol. The first-order valence-corrected chi connectivity index (χ1v) is 7.26. The molecule has 0 aliphatic heterocycles. The SMILES string of the molecule is COc1c(C(=O)CCc2ccccc2C)ccc(C)c1C. The summed E-state index contributed by atoms with van der Waals surface area (Å²) >= 11 is 0. The van der Waals surface area contributed by atoms with Crippen LogP contribution < -0.4 is 4.74 Å². The van der Waals surface area contributed by atoms with E-state index in [0.29, 0.717) is 17.7 Å². The molecular weight excluding hydrogens is 260 g/mol. The van der Waals surface area contributed by atoms with Gasteiger partial charge in [0.15, 0.2) is 5.78 Å². The van der Waals surface area contributed by atoms with E-state index in [1.54, 1.807) is 7.11 Å². The van der Waals surface area contributed by atoms with Crippen molar-refractivity contribution in [2.24, 2.45) is 0 Å². The number of ketones is 1. The Kier molecular flexibility index (Phi) is 4.79. The zero-order valence-electron chi connectivity index (χ0n) is 13.2. The fourth-order valence-corrected chi connectivity index (χ4v) is 2.55. The molecule has 0 aliphatic carbocycles. The van der Waals surface area contributed by atoms with Crippen molar-refractivity contribution in [1.29, 1.82) is 0 Å². The van der Waals surface area contributed by atoms with Crippen molar-refractivity contribution in [2.45, 2.75) is 33.6 Å². The van der Waals surface area contributed by atoms with Crippen molar-refractivity contribution in [3.63, 3.8) is 0 Å². The molecule has 0 aromatic heterocycles. The topological polar surface area (TPSA) is 26.3 Å². The summed E-state index contributed by atoms with van der Waals surface area (Å²) in [5, 5.41) is 0. The third-order valence-electron chi connectivity index (χ3n) is 4.06. The molecule has 0 saturated heterocycles. The number of ether oxygens (including phenoxy) is 1. The summed E-state index contributed by atoms with van der Waals surface area (Å²) in [6.07, 6.45) is 1.27. The molecule has 2 nitrogen and oxygen atoms in total. The molecule has 2 heteroatoms. The molecular formula is C19H22O2. The van der Waals surface area contributed by atoms with E-state index < -0.39 is 0 Å². The predicted octanol–water partition coefficient (Wildman–Crippen LogP) is 4.44. The monoisotopic (exact) mass is 282 g/mol. The summed E-state index contributed by atoms with van der Waals surface area (Å²) in [7, 11) is 1.62. The van der Waals surface area contributed by atoms with Crippen LogP contribution in [0.3, 0.4) is 0 Å². The number of methoxy groups -OCH3 is 1.